The number of anilines is 1. The number of hydrogen-bond donors (Lipinski definition) is 2. The molecule has 1 aromatic heterocycles. The molecule has 0 radical (unpaired) electrons. The van der Waals surface area contributed by atoms with E-state index in [1.165, 1.54) is 19.3 Å². The third kappa shape index (κ3) is 2.23. The van der Waals surface area contributed by atoms with Crippen LogP contribution in [0, 0.1) is 5.92 Å². The predicted octanol–water partition coefficient (Wildman–Crippen LogP) is 2.54. The Kier molecular flexibility index (Phi) is 3.03. The zero-order chi connectivity index (χ0) is 13.2. The summed E-state index contributed by atoms with van der Waals surface area (Å²) in [6.07, 6.45) is 3.70. The summed E-state index contributed by atoms with van der Waals surface area (Å²) in [7, 11) is 0. The van der Waals surface area contributed by atoms with Crippen LogP contribution in [0.15, 0.2) is 24.3 Å². The molecule has 19 heavy (non-hydrogen) atoms. The van der Waals surface area contributed by atoms with Crippen molar-refractivity contribution in [3.8, 4) is 0 Å². The molecule has 1 saturated carbocycles. The van der Waals surface area contributed by atoms with E-state index in [0.717, 1.165) is 11.9 Å². The number of nitrogens with zero attached hydrogens (tertiary/aromatic N) is 2. The summed E-state index contributed by atoms with van der Waals surface area (Å²) >= 11 is 0. The van der Waals surface area contributed by atoms with Gasteiger partial charge in [0.1, 0.15) is 0 Å². The van der Waals surface area contributed by atoms with E-state index in [4.69, 9.17) is 0 Å². The zero-order valence-corrected chi connectivity index (χ0v) is 10.5. The van der Waals surface area contributed by atoms with Crippen molar-refractivity contribution < 1.29 is 9.90 Å². The Morgan fingerprint density at radius 3 is 2.79 bits per heavy atom. The smallest absolute Gasteiger partial charge is 0.358 e. The molecule has 0 saturated heterocycles. The van der Waals surface area contributed by atoms with Crippen molar-refractivity contribution in [2.75, 3.05) is 11.9 Å². The summed E-state index contributed by atoms with van der Waals surface area (Å²) in [6.45, 7) is 0.802. The Hall–Kier alpha value is -2.17. The number of carbonyl (C=O) groups is 1. The number of hydrogen-bond acceptors (Lipinski definition) is 4. The van der Waals surface area contributed by atoms with Gasteiger partial charge in [0.25, 0.3) is 0 Å². The maximum atomic E-state index is 11.3. The number of carboxylic acids is 1. The predicted molar refractivity (Wildman–Crippen MR) is 72.3 cm³/mol. The molecule has 1 aliphatic rings. The fraction of sp³-hybridized carbons (Fsp3) is 0.357. The van der Waals surface area contributed by atoms with Gasteiger partial charge < -0.3 is 10.4 Å². The van der Waals surface area contributed by atoms with Crippen molar-refractivity contribution in [2.24, 2.45) is 5.92 Å². The Labute approximate surface area is 110 Å². The molecule has 1 heterocycles. The second kappa shape index (κ2) is 4.84. The molecule has 0 aliphatic heterocycles. The largest absolute Gasteiger partial charge is 0.476 e. The van der Waals surface area contributed by atoms with Gasteiger partial charge in [-0.3, -0.25) is 0 Å². The van der Waals surface area contributed by atoms with Crippen LogP contribution in [0.3, 0.4) is 0 Å². The van der Waals surface area contributed by atoms with Gasteiger partial charge in [-0.1, -0.05) is 24.6 Å². The van der Waals surface area contributed by atoms with Gasteiger partial charge in [0, 0.05) is 11.9 Å². The minimum Gasteiger partial charge on any atom is -0.476 e. The van der Waals surface area contributed by atoms with Gasteiger partial charge in [-0.2, -0.15) is 0 Å². The third-order valence-corrected chi connectivity index (χ3v) is 3.66. The van der Waals surface area contributed by atoms with Crippen molar-refractivity contribution in [2.45, 2.75) is 19.3 Å². The highest BCUT2D eigenvalue weighted by Gasteiger charge is 2.20. The third-order valence-electron chi connectivity index (χ3n) is 3.66. The minimum absolute atomic E-state index is 0.00183. The lowest BCUT2D eigenvalue weighted by molar-refractivity contribution is 0.0690. The highest BCUT2D eigenvalue weighted by atomic mass is 16.4. The van der Waals surface area contributed by atoms with Gasteiger partial charge in [-0.15, -0.1) is 10.2 Å². The van der Waals surface area contributed by atoms with E-state index in [1.807, 2.05) is 24.3 Å². The first-order chi connectivity index (χ1) is 9.25. The second-order valence-electron chi connectivity index (χ2n) is 4.92. The van der Waals surface area contributed by atoms with E-state index in [-0.39, 0.29) is 5.69 Å². The average Bonchev–Trinajstić information content (AvgIpc) is 2.36. The van der Waals surface area contributed by atoms with Crippen LogP contribution in [0.2, 0.25) is 0 Å². The van der Waals surface area contributed by atoms with Crippen LogP contribution in [0.25, 0.3) is 10.9 Å². The molecule has 1 fully saturated rings. The van der Waals surface area contributed by atoms with Gasteiger partial charge in [-0.05, 0) is 24.8 Å². The maximum Gasteiger partial charge on any atom is 0.358 e. The topological polar surface area (TPSA) is 75.1 Å². The Morgan fingerprint density at radius 1 is 1.32 bits per heavy atom. The number of aromatic carboxylic acids is 1. The average molecular weight is 257 g/mol. The molecule has 2 aromatic rings. The summed E-state index contributed by atoms with van der Waals surface area (Å²) in [5.74, 6) is -0.400. The summed E-state index contributed by atoms with van der Waals surface area (Å²) in [5.41, 5.74) is 1.30. The SMILES string of the molecule is O=C(O)c1nnc2ccccc2c1NCC1CCC1. The number of rotatable bonds is 4. The minimum atomic E-state index is -1.05. The van der Waals surface area contributed by atoms with Crippen LogP contribution >= 0.6 is 0 Å². The summed E-state index contributed by atoms with van der Waals surface area (Å²) < 4.78 is 0. The lowest BCUT2D eigenvalue weighted by atomic mass is 9.85. The zero-order valence-electron chi connectivity index (χ0n) is 10.5. The lowest BCUT2D eigenvalue weighted by Crippen LogP contribution is -2.22. The van der Waals surface area contributed by atoms with Crippen LogP contribution < -0.4 is 5.32 Å². The molecule has 5 nitrogen and oxygen atoms in total. The van der Waals surface area contributed by atoms with E-state index in [0.29, 0.717) is 17.1 Å². The Balaban J connectivity index is 2.00. The number of fused-ring (bicyclic) bond motifs is 1. The molecule has 5 heteroatoms. The van der Waals surface area contributed by atoms with Crippen molar-refractivity contribution in [1.29, 1.82) is 0 Å². The Morgan fingerprint density at radius 2 is 2.11 bits per heavy atom. The molecule has 0 unspecified atom stereocenters. The number of aromatic nitrogens is 2. The number of carboxylic acid groups (broad SMARTS) is 1. The molecule has 3 rings (SSSR count). The van der Waals surface area contributed by atoms with E-state index >= 15 is 0 Å². The number of benzene rings is 1. The van der Waals surface area contributed by atoms with Gasteiger partial charge in [0.2, 0.25) is 0 Å². The standard InChI is InChI=1S/C14H15N3O2/c18-14(19)13-12(15-8-9-4-3-5-9)10-6-1-2-7-11(10)16-17-13/h1-2,6-7,9H,3-5,8H2,(H,15,16)(H,18,19). The van der Waals surface area contributed by atoms with Crippen LogP contribution in [0.4, 0.5) is 5.69 Å². The molecule has 0 bridgehead atoms. The summed E-state index contributed by atoms with van der Waals surface area (Å²) in [5, 5.41) is 21.1. The van der Waals surface area contributed by atoms with Gasteiger partial charge in [0.05, 0.1) is 11.2 Å². The van der Waals surface area contributed by atoms with Crippen molar-refractivity contribution in [3.63, 3.8) is 0 Å². The maximum absolute atomic E-state index is 11.3. The summed E-state index contributed by atoms with van der Waals surface area (Å²) in [6, 6.07) is 7.46. The first kappa shape index (κ1) is 11.9. The highest BCUT2D eigenvalue weighted by Crippen LogP contribution is 2.29. The van der Waals surface area contributed by atoms with Gasteiger partial charge >= 0.3 is 5.97 Å². The van der Waals surface area contributed by atoms with Crippen LogP contribution in [0.5, 0.6) is 0 Å². The summed E-state index contributed by atoms with van der Waals surface area (Å²) in [4.78, 5) is 11.3. The molecular formula is C14H15N3O2. The van der Waals surface area contributed by atoms with Crippen LogP contribution in [0.1, 0.15) is 29.8 Å². The molecular weight excluding hydrogens is 242 g/mol. The van der Waals surface area contributed by atoms with Crippen LogP contribution in [-0.4, -0.2) is 27.8 Å². The quantitative estimate of drug-likeness (QED) is 0.880. The first-order valence-corrected chi connectivity index (χ1v) is 6.48. The van der Waals surface area contributed by atoms with E-state index < -0.39 is 5.97 Å². The van der Waals surface area contributed by atoms with E-state index in [9.17, 15) is 9.90 Å². The monoisotopic (exact) mass is 257 g/mol. The molecule has 1 aromatic carbocycles. The lowest BCUT2D eigenvalue weighted by Gasteiger charge is -2.26. The van der Waals surface area contributed by atoms with Crippen molar-refractivity contribution in [3.05, 3.63) is 30.0 Å². The fourth-order valence-corrected chi connectivity index (χ4v) is 2.33. The fourth-order valence-electron chi connectivity index (χ4n) is 2.33. The molecule has 0 atom stereocenters. The Bertz CT molecular complexity index is 623. The van der Waals surface area contributed by atoms with E-state index in [2.05, 4.69) is 15.5 Å². The highest BCUT2D eigenvalue weighted by molar-refractivity contribution is 6.02. The van der Waals surface area contributed by atoms with Gasteiger partial charge in [0.15, 0.2) is 5.69 Å². The molecule has 1 aliphatic carbocycles. The van der Waals surface area contributed by atoms with Crippen molar-refractivity contribution >= 4 is 22.6 Å². The normalized spacial score (nSPS) is 15.2. The van der Waals surface area contributed by atoms with Crippen LogP contribution in [-0.2, 0) is 0 Å². The first-order valence-electron chi connectivity index (χ1n) is 6.48. The van der Waals surface area contributed by atoms with Crippen molar-refractivity contribution in [1.82, 2.24) is 10.2 Å². The second-order valence-corrected chi connectivity index (χ2v) is 4.92. The molecule has 2 N–H and O–H groups in total. The molecule has 0 spiro atoms. The van der Waals surface area contributed by atoms with Gasteiger partial charge in [-0.25, -0.2) is 4.79 Å². The molecule has 0 amide bonds. The number of nitrogens with one attached hydrogen (secondary N) is 1. The molecule has 98 valence electrons. The van der Waals surface area contributed by atoms with E-state index in [1.54, 1.807) is 0 Å².